The maximum atomic E-state index is 13.2. The van der Waals surface area contributed by atoms with Crippen molar-refractivity contribution >= 4 is 23.3 Å². The Morgan fingerprint density at radius 3 is 2.88 bits per heavy atom. The van der Waals surface area contributed by atoms with Crippen LogP contribution in [0.5, 0.6) is 0 Å². The number of aryl methyl sites for hydroxylation is 1. The fourth-order valence-electron chi connectivity index (χ4n) is 1.30. The zero-order valence-electron chi connectivity index (χ0n) is 8.92. The van der Waals surface area contributed by atoms with Gasteiger partial charge in [0.1, 0.15) is 11.6 Å². The van der Waals surface area contributed by atoms with Gasteiger partial charge in [0, 0.05) is 11.1 Å². The number of anilines is 1. The average Bonchev–Trinajstić information content (AvgIpc) is 2.68. The lowest BCUT2D eigenvalue weighted by Gasteiger charge is -2.04. The Kier molecular flexibility index (Phi) is 3.10. The largest absolute Gasteiger partial charge is 0.307 e. The molecule has 1 heterocycles. The second-order valence-corrected chi connectivity index (χ2v) is 3.92. The monoisotopic (exact) mass is 253 g/mol. The molecule has 1 amide bonds. The van der Waals surface area contributed by atoms with Crippen molar-refractivity contribution in [2.45, 2.75) is 6.92 Å². The van der Waals surface area contributed by atoms with Crippen LogP contribution in [0.1, 0.15) is 15.9 Å². The maximum absolute atomic E-state index is 13.2. The van der Waals surface area contributed by atoms with Gasteiger partial charge in [-0.25, -0.2) is 4.39 Å². The molecular formula is C11H9ClFN3O. The molecule has 0 unspecified atom stereocenters. The Morgan fingerprint density at radius 1 is 1.53 bits per heavy atom. The highest BCUT2D eigenvalue weighted by Gasteiger charge is 2.10. The minimum atomic E-state index is -0.624. The molecule has 4 nitrogen and oxygen atoms in total. The molecule has 0 fully saturated rings. The zero-order valence-corrected chi connectivity index (χ0v) is 9.68. The smallest absolute Gasteiger partial charge is 0.256 e. The quantitative estimate of drug-likeness (QED) is 0.865. The van der Waals surface area contributed by atoms with Crippen molar-refractivity contribution in [3.8, 4) is 0 Å². The number of amides is 1. The molecule has 17 heavy (non-hydrogen) atoms. The Bertz CT molecular complexity index is 568. The summed E-state index contributed by atoms with van der Waals surface area (Å²) in [6, 6.07) is 3.88. The standard InChI is InChI=1S/C11H9ClFN3O/c1-6-5-14-16-10(6)15-11(17)7-2-3-8(12)9(13)4-7/h2-5H,1H3,(H2,14,15,16,17). The number of aromatic amines is 1. The first-order valence-corrected chi connectivity index (χ1v) is 5.22. The summed E-state index contributed by atoms with van der Waals surface area (Å²) >= 11 is 5.53. The second kappa shape index (κ2) is 4.55. The molecular weight excluding hydrogens is 245 g/mol. The number of hydrogen-bond donors (Lipinski definition) is 2. The van der Waals surface area contributed by atoms with E-state index in [0.29, 0.717) is 5.82 Å². The Morgan fingerprint density at radius 2 is 2.29 bits per heavy atom. The van der Waals surface area contributed by atoms with Crippen LogP contribution >= 0.6 is 11.6 Å². The van der Waals surface area contributed by atoms with Gasteiger partial charge in [0.2, 0.25) is 0 Å². The number of nitrogens with one attached hydrogen (secondary N) is 2. The van der Waals surface area contributed by atoms with E-state index in [9.17, 15) is 9.18 Å². The third-order valence-electron chi connectivity index (χ3n) is 2.25. The first kappa shape index (κ1) is 11.6. The van der Waals surface area contributed by atoms with Crippen LogP contribution in [-0.4, -0.2) is 16.1 Å². The van der Waals surface area contributed by atoms with E-state index in [1.54, 1.807) is 13.1 Å². The van der Waals surface area contributed by atoms with Crippen molar-refractivity contribution in [3.05, 3.63) is 46.4 Å². The summed E-state index contributed by atoms with van der Waals surface area (Å²) in [6.07, 6.45) is 1.58. The van der Waals surface area contributed by atoms with Gasteiger partial charge in [0.05, 0.1) is 11.2 Å². The predicted octanol–water partition coefficient (Wildman–Crippen LogP) is 2.76. The van der Waals surface area contributed by atoms with E-state index in [1.807, 2.05) is 0 Å². The summed E-state index contributed by atoms with van der Waals surface area (Å²) in [5.74, 6) is -0.557. The van der Waals surface area contributed by atoms with Gasteiger partial charge in [0.15, 0.2) is 0 Å². The lowest BCUT2D eigenvalue weighted by Crippen LogP contribution is -2.13. The van der Waals surface area contributed by atoms with E-state index in [0.717, 1.165) is 11.6 Å². The van der Waals surface area contributed by atoms with Crippen LogP contribution in [0.4, 0.5) is 10.2 Å². The summed E-state index contributed by atoms with van der Waals surface area (Å²) in [5.41, 5.74) is 0.994. The van der Waals surface area contributed by atoms with Crippen LogP contribution in [-0.2, 0) is 0 Å². The molecule has 0 saturated heterocycles. The topological polar surface area (TPSA) is 57.8 Å². The van der Waals surface area contributed by atoms with E-state index in [2.05, 4.69) is 15.5 Å². The molecule has 0 saturated carbocycles. The molecule has 6 heteroatoms. The van der Waals surface area contributed by atoms with Crippen LogP contribution in [0.25, 0.3) is 0 Å². The van der Waals surface area contributed by atoms with Crippen LogP contribution < -0.4 is 5.32 Å². The third-order valence-corrected chi connectivity index (χ3v) is 2.56. The summed E-state index contributed by atoms with van der Waals surface area (Å²) in [6.45, 7) is 1.79. The predicted molar refractivity (Wildman–Crippen MR) is 62.7 cm³/mol. The number of nitrogens with zero attached hydrogens (tertiary/aromatic N) is 1. The van der Waals surface area contributed by atoms with Crippen molar-refractivity contribution in [3.63, 3.8) is 0 Å². The summed E-state index contributed by atoms with van der Waals surface area (Å²) < 4.78 is 13.2. The molecule has 2 aromatic rings. The van der Waals surface area contributed by atoms with Gasteiger partial charge in [-0.2, -0.15) is 5.10 Å². The second-order valence-electron chi connectivity index (χ2n) is 3.51. The molecule has 2 N–H and O–H groups in total. The lowest BCUT2D eigenvalue weighted by molar-refractivity contribution is 0.102. The molecule has 2 rings (SSSR count). The van der Waals surface area contributed by atoms with Crippen LogP contribution in [0, 0.1) is 12.7 Å². The first-order valence-electron chi connectivity index (χ1n) is 4.84. The number of rotatable bonds is 2. The molecule has 0 radical (unpaired) electrons. The van der Waals surface area contributed by atoms with Gasteiger partial charge >= 0.3 is 0 Å². The van der Waals surface area contributed by atoms with Gasteiger partial charge in [-0.3, -0.25) is 9.89 Å². The van der Waals surface area contributed by atoms with Crippen molar-refractivity contribution < 1.29 is 9.18 Å². The molecule has 1 aromatic heterocycles. The van der Waals surface area contributed by atoms with Gasteiger partial charge < -0.3 is 5.32 Å². The molecule has 0 bridgehead atoms. The van der Waals surface area contributed by atoms with E-state index >= 15 is 0 Å². The van der Waals surface area contributed by atoms with Crippen LogP contribution in [0.2, 0.25) is 5.02 Å². The number of benzene rings is 1. The molecule has 0 aliphatic rings. The molecule has 88 valence electrons. The summed E-state index contributed by atoms with van der Waals surface area (Å²) in [7, 11) is 0. The average molecular weight is 254 g/mol. The first-order chi connectivity index (χ1) is 8.08. The number of aromatic nitrogens is 2. The zero-order chi connectivity index (χ0) is 12.4. The highest BCUT2D eigenvalue weighted by Crippen LogP contribution is 2.17. The SMILES string of the molecule is Cc1cn[nH]c1NC(=O)c1ccc(Cl)c(F)c1. The lowest BCUT2D eigenvalue weighted by atomic mass is 10.2. The number of hydrogen-bond acceptors (Lipinski definition) is 2. The van der Waals surface area contributed by atoms with E-state index in [-0.39, 0.29) is 10.6 Å². The number of H-pyrrole nitrogens is 1. The highest BCUT2D eigenvalue weighted by molar-refractivity contribution is 6.30. The van der Waals surface area contributed by atoms with Crippen LogP contribution in [0.3, 0.4) is 0 Å². The summed E-state index contributed by atoms with van der Waals surface area (Å²) in [4.78, 5) is 11.8. The van der Waals surface area contributed by atoms with Gasteiger partial charge in [0.25, 0.3) is 5.91 Å². The van der Waals surface area contributed by atoms with Gasteiger partial charge in [-0.1, -0.05) is 11.6 Å². The molecule has 0 atom stereocenters. The van der Waals surface area contributed by atoms with Crippen LogP contribution in [0.15, 0.2) is 24.4 Å². The fraction of sp³-hybridized carbons (Fsp3) is 0.0909. The number of carbonyl (C=O) groups excluding carboxylic acids is 1. The number of halogens is 2. The van der Waals surface area contributed by atoms with Crippen molar-refractivity contribution in [2.24, 2.45) is 0 Å². The Balaban J connectivity index is 2.20. The van der Waals surface area contributed by atoms with Crippen molar-refractivity contribution in [1.82, 2.24) is 10.2 Å². The summed E-state index contributed by atoms with van der Waals surface area (Å²) in [5, 5.41) is 8.97. The molecule has 0 aliphatic heterocycles. The Hall–Kier alpha value is -1.88. The minimum absolute atomic E-state index is 0.0146. The fourth-order valence-corrected chi connectivity index (χ4v) is 1.41. The molecule has 1 aromatic carbocycles. The van der Waals surface area contributed by atoms with Crippen molar-refractivity contribution in [2.75, 3.05) is 5.32 Å². The van der Waals surface area contributed by atoms with E-state index in [4.69, 9.17) is 11.6 Å². The molecule has 0 aliphatic carbocycles. The van der Waals surface area contributed by atoms with Crippen molar-refractivity contribution in [1.29, 1.82) is 0 Å². The van der Waals surface area contributed by atoms with E-state index in [1.165, 1.54) is 12.1 Å². The van der Waals surface area contributed by atoms with Gasteiger partial charge in [-0.15, -0.1) is 0 Å². The minimum Gasteiger partial charge on any atom is -0.307 e. The highest BCUT2D eigenvalue weighted by atomic mass is 35.5. The third kappa shape index (κ3) is 2.45. The normalized spacial score (nSPS) is 10.3. The Labute approximate surface area is 102 Å². The number of carbonyl (C=O) groups is 1. The van der Waals surface area contributed by atoms with Gasteiger partial charge in [-0.05, 0) is 25.1 Å². The maximum Gasteiger partial charge on any atom is 0.256 e. The molecule has 0 spiro atoms. The van der Waals surface area contributed by atoms with E-state index < -0.39 is 11.7 Å².